The number of nitrogens with one attached hydrogen (secondary N) is 1. The maximum Gasteiger partial charge on any atom is 0.251 e. The van der Waals surface area contributed by atoms with Gasteiger partial charge in [0.05, 0.1) is 24.0 Å². The molecule has 4 fully saturated rings. The van der Waals surface area contributed by atoms with Gasteiger partial charge in [0.25, 0.3) is 5.91 Å². The first-order chi connectivity index (χ1) is 16.6. The van der Waals surface area contributed by atoms with Crippen LogP contribution in [-0.2, 0) is 21.4 Å². The van der Waals surface area contributed by atoms with Gasteiger partial charge in [-0.3, -0.25) is 14.6 Å². The molecule has 1 saturated heterocycles. The van der Waals surface area contributed by atoms with Crippen molar-refractivity contribution in [3.8, 4) is 0 Å². The molecule has 3 aliphatic carbocycles. The zero-order chi connectivity index (χ0) is 24.6. The quantitative estimate of drug-likeness (QED) is 0.688. The van der Waals surface area contributed by atoms with Crippen molar-refractivity contribution in [2.24, 2.45) is 22.7 Å². The third kappa shape index (κ3) is 3.36. The fourth-order valence-corrected chi connectivity index (χ4v) is 9.82. The number of hydrogen-bond donors (Lipinski definition) is 1. The third-order valence-corrected chi connectivity index (χ3v) is 11.4. The minimum Gasteiger partial charge on any atom is -0.346 e. The fourth-order valence-electron chi connectivity index (χ4n) is 7.24. The number of rotatable bonds is 5. The Balaban J connectivity index is 1.13. The Morgan fingerprint density at radius 1 is 1.11 bits per heavy atom. The van der Waals surface area contributed by atoms with Crippen LogP contribution < -0.4 is 5.32 Å². The zero-order valence-electron chi connectivity index (χ0n) is 20.1. The first-order valence-electron chi connectivity index (χ1n) is 12.5. The normalized spacial score (nSPS) is 33.4. The average molecular weight is 494 g/mol. The number of aromatic nitrogens is 1. The number of nitrogens with zero attached hydrogens (tertiary/aromatic N) is 2. The summed E-state index contributed by atoms with van der Waals surface area (Å²) in [5.74, 6) is -0.0999. The molecule has 3 saturated carbocycles. The molecule has 35 heavy (non-hydrogen) atoms. The largest absolute Gasteiger partial charge is 0.346 e. The molecular weight excluding hydrogens is 462 g/mol. The molecule has 2 heterocycles. The van der Waals surface area contributed by atoms with Crippen molar-refractivity contribution < 1.29 is 18.0 Å². The monoisotopic (exact) mass is 493 g/mol. The lowest BCUT2D eigenvalue weighted by atomic mass is 9.69. The highest BCUT2D eigenvalue weighted by atomic mass is 32.2. The molecule has 1 N–H and O–H groups in total. The van der Waals surface area contributed by atoms with Gasteiger partial charge in [-0.05, 0) is 72.8 Å². The standard InChI is InChI=1S/C27H31N3O4S/c1-26(2)19-10-11-27(26)16-35(33,34)30(23(27)13-19)25(32)22-14-21(22)17-6-8-18(9-7-17)24(31)29-15-20-5-3-4-12-28-20/h3-9,12,19,21-23H,10-11,13-16H2,1-2H3,(H,29,31)/t19-,21+,22-,23-,27-/m0/s1. The first-order valence-corrected chi connectivity index (χ1v) is 14.1. The van der Waals surface area contributed by atoms with Gasteiger partial charge in [-0.25, -0.2) is 12.7 Å². The van der Waals surface area contributed by atoms with E-state index in [-0.39, 0.29) is 46.3 Å². The summed E-state index contributed by atoms with van der Waals surface area (Å²) in [6, 6.07) is 12.7. The van der Waals surface area contributed by atoms with Gasteiger partial charge in [0.15, 0.2) is 0 Å². The predicted molar refractivity (Wildman–Crippen MR) is 131 cm³/mol. The smallest absolute Gasteiger partial charge is 0.251 e. The molecule has 1 spiro atoms. The maximum absolute atomic E-state index is 13.5. The van der Waals surface area contributed by atoms with Crippen LogP contribution >= 0.6 is 0 Å². The van der Waals surface area contributed by atoms with Crippen LogP contribution in [0.3, 0.4) is 0 Å². The summed E-state index contributed by atoms with van der Waals surface area (Å²) in [7, 11) is -3.59. The summed E-state index contributed by atoms with van der Waals surface area (Å²) in [5, 5.41) is 2.86. The number of fused-ring (bicyclic) bond motifs is 1. The number of amides is 2. The van der Waals surface area contributed by atoms with Crippen LogP contribution in [0.5, 0.6) is 0 Å². The predicted octanol–water partition coefficient (Wildman–Crippen LogP) is 3.48. The van der Waals surface area contributed by atoms with E-state index in [0.717, 1.165) is 30.5 Å². The van der Waals surface area contributed by atoms with E-state index in [2.05, 4.69) is 24.1 Å². The summed E-state index contributed by atoms with van der Waals surface area (Å²) in [4.78, 5) is 30.2. The van der Waals surface area contributed by atoms with Gasteiger partial charge in [0, 0.05) is 23.1 Å². The molecule has 2 bridgehead atoms. The number of pyridine rings is 1. The lowest BCUT2D eigenvalue weighted by Gasteiger charge is -2.37. The molecule has 8 heteroatoms. The van der Waals surface area contributed by atoms with Crippen molar-refractivity contribution in [2.75, 3.05) is 5.75 Å². The van der Waals surface area contributed by atoms with Crippen molar-refractivity contribution in [2.45, 2.75) is 58.0 Å². The SMILES string of the molecule is CC1(C)[C@H]2CC[C@@]13CS(=O)(=O)N(C(=O)[C@H]1C[C@@H]1c1ccc(C(=O)NCc4ccccn4)cc1)[C@H]3C2. The third-order valence-electron chi connectivity index (χ3n) is 9.49. The molecule has 1 aromatic carbocycles. The second-order valence-corrected chi connectivity index (χ2v) is 13.2. The second kappa shape index (κ2) is 7.63. The van der Waals surface area contributed by atoms with E-state index in [9.17, 15) is 18.0 Å². The van der Waals surface area contributed by atoms with Gasteiger partial charge >= 0.3 is 0 Å². The number of benzene rings is 1. The summed E-state index contributed by atoms with van der Waals surface area (Å²) >= 11 is 0. The average Bonchev–Trinajstić information content (AvgIpc) is 3.50. The molecule has 184 valence electrons. The summed E-state index contributed by atoms with van der Waals surface area (Å²) < 4.78 is 27.7. The number of sulfonamides is 1. The molecule has 2 aromatic rings. The molecule has 5 atom stereocenters. The van der Waals surface area contributed by atoms with Crippen molar-refractivity contribution in [3.63, 3.8) is 0 Å². The number of hydrogen-bond acceptors (Lipinski definition) is 5. The summed E-state index contributed by atoms with van der Waals surface area (Å²) in [6.07, 6.45) is 5.11. The van der Waals surface area contributed by atoms with Crippen molar-refractivity contribution in [1.29, 1.82) is 0 Å². The van der Waals surface area contributed by atoms with Crippen LogP contribution in [0.1, 0.15) is 67.1 Å². The van der Waals surface area contributed by atoms with Gasteiger partial charge in [0.2, 0.25) is 15.9 Å². The van der Waals surface area contributed by atoms with Crippen LogP contribution in [0.15, 0.2) is 48.7 Å². The maximum atomic E-state index is 13.5. The van der Waals surface area contributed by atoms with Crippen LogP contribution in [0.25, 0.3) is 0 Å². The highest BCUT2D eigenvalue weighted by Gasteiger charge is 2.73. The van der Waals surface area contributed by atoms with Crippen LogP contribution in [0.4, 0.5) is 0 Å². The number of carbonyl (C=O) groups excluding carboxylic acids is 2. The van der Waals surface area contributed by atoms with Crippen molar-refractivity contribution in [1.82, 2.24) is 14.6 Å². The Bertz CT molecular complexity index is 1290. The fraction of sp³-hybridized carbons (Fsp3) is 0.519. The Morgan fingerprint density at radius 2 is 1.89 bits per heavy atom. The zero-order valence-corrected chi connectivity index (χ0v) is 20.9. The molecule has 1 aliphatic heterocycles. The summed E-state index contributed by atoms with van der Waals surface area (Å²) in [5.41, 5.74) is 1.97. The number of carbonyl (C=O) groups is 2. The molecule has 1 aromatic heterocycles. The van der Waals surface area contributed by atoms with Crippen LogP contribution in [-0.4, -0.2) is 41.3 Å². The van der Waals surface area contributed by atoms with E-state index in [1.165, 1.54) is 4.31 Å². The van der Waals surface area contributed by atoms with Crippen molar-refractivity contribution in [3.05, 3.63) is 65.5 Å². The molecule has 4 aliphatic rings. The van der Waals surface area contributed by atoms with Gasteiger partial charge in [-0.1, -0.05) is 32.0 Å². The van der Waals surface area contributed by atoms with Gasteiger partial charge in [0.1, 0.15) is 0 Å². The van der Waals surface area contributed by atoms with E-state index in [4.69, 9.17) is 0 Å². The van der Waals surface area contributed by atoms with E-state index >= 15 is 0 Å². The minimum atomic E-state index is -3.59. The molecule has 6 rings (SSSR count). The minimum absolute atomic E-state index is 0.00600. The molecular formula is C27H31N3O4S. The van der Waals surface area contributed by atoms with E-state index < -0.39 is 10.0 Å². The lowest BCUT2D eigenvalue weighted by Crippen LogP contribution is -2.44. The van der Waals surface area contributed by atoms with Crippen LogP contribution in [0.2, 0.25) is 0 Å². The lowest BCUT2D eigenvalue weighted by molar-refractivity contribution is -0.130. The van der Waals surface area contributed by atoms with E-state index in [0.29, 0.717) is 24.4 Å². The Kier molecular flexibility index (Phi) is 4.95. The Morgan fingerprint density at radius 3 is 2.57 bits per heavy atom. The van der Waals surface area contributed by atoms with Crippen molar-refractivity contribution >= 4 is 21.8 Å². The molecule has 2 amide bonds. The second-order valence-electron chi connectivity index (χ2n) is 11.3. The van der Waals surface area contributed by atoms with Gasteiger partial charge < -0.3 is 5.32 Å². The van der Waals surface area contributed by atoms with Gasteiger partial charge in [-0.15, -0.1) is 0 Å². The molecule has 7 nitrogen and oxygen atoms in total. The topological polar surface area (TPSA) is 96.4 Å². The Labute approximate surface area is 206 Å². The van der Waals surface area contributed by atoms with E-state index in [1.54, 1.807) is 18.3 Å². The Hall–Kier alpha value is -2.74. The highest BCUT2D eigenvalue weighted by Crippen LogP contribution is 2.70. The van der Waals surface area contributed by atoms with Gasteiger partial charge in [-0.2, -0.15) is 0 Å². The van der Waals surface area contributed by atoms with Crippen LogP contribution in [0, 0.1) is 22.7 Å². The molecule has 0 radical (unpaired) electrons. The summed E-state index contributed by atoms with van der Waals surface area (Å²) in [6.45, 7) is 4.75. The highest BCUT2D eigenvalue weighted by molar-refractivity contribution is 7.90. The first kappa shape index (κ1) is 22.7. The van der Waals surface area contributed by atoms with E-state index in [1.807, 2.05) is 30.3 Å². The molecule has 0 unspecified atom stereocenters.